The number of piperidine rings is 1. The van der Waals surface area contributed by atoms with Gasteiger partial charge in [0, 0.05) is 24.0 Å². The van der Waals surface area contributed by atoms with Crippen LogP contribution in [-0.2, 0) is 19.6 Å². The number of carbonyl (C=O) groups excluding carboxylic acids is 2. The third-order valence-electron chi connectivity index (χ3n) is 4.34. The van der Waals surface area contributed by atoms with E-state index in [4.69, 9.17) is 22.1 Å². The fraction of sp³-hybridized carbons (Fsp3) is 0.500. The zero-order chi connectivity index (χ0) is 19.5. The van der Waals surface area contributed by atoms with Crippen LogP contribution in [0.3, 0.4) is 0 Å². The Kier molecular flexibility index (Phi) is 6.35. The van der Waals surface area contributed by atoms with E-state index in [1.165, 1.54) is 18.1 Å². The number of nitrogens with zero attached hydrogens (tertiary/aromatic N) is 2. The Morgan fingerprint density at radius 3 is 2.46 bits per heavy atom. The number of sulfonamides is 1. The first-order valence-electron chi connectivity index (χ1n) is 8.02. The van der Waals surface area contributed by atoms with Gasteiger partial charge in [0.1, 0.15) is 12.3 Å². The van der Waals surface area contributed by atoms with Gasteiger partial charge in [0.15, 0.2) is 0 Å². The Morgan fingerprint density at radius 1 is 1.35 bits per heavy atom. The van der Waals surface area contributed by atoms with E-state index in [1.807, 2.05) is 0 Å². The Morgan fingerprint density at radius 2 is 1.96 bits per heavy atom. The molecule has 0 radical (unpaired) electrons. The molecule has 1 aliphatic rings. The molecule has 0 spiro atoms. The van der Waals surface area contributed by atoms with Gasteiger partial charge in [-0.1, -0.05) is 11.6 Å². The Bertz CT molecular complexity index is 791. The van der Waals surface area contributed by atoms with Crippen molar-refractivity contribution in [2.75, 3.05) is 37.3 Å². The first-order valence-corrected chi connectivity index (χ1v) is 10.2. The van der Waals surface area contributed by atoms with Gasteiger partial charge in [-0.3, -0.25) is 13.9 Å². The van der Waals surface area contributed by atoms with Gasteiger partial charge in [0.05, 0.1) is 19.1 Å². The summed E-state index contributed by atoms with van der Waals surface area (Å²) >= 11 is 5.98. The molecule has 2 N–H and O–H groups in total. The number of benzene rings is 1. The predicted octanol–water partition coefficient (Wildman–Crippen LogP) is 0.839. The van der Waals surface area contributed by atoms with Crippen molar-refractivity contribution < 1.29 is 22.7 Å². The van der Waals surface area contributed by atoms with Crippen LogP contribution in [0.25, 0.3) is 0 Å². The number of hydrogen-bond donors (Lipinski definition) is 1. The second kappa shape index (κ2) is 8.13. The summed E-state index contributed by atoms with van der Waals surface area (Å²) in [5, 5.41) is 0.323. The summed E-state index contributed by atoms with van der Waals surface area (Å²) in [5.74, 6) is -0.697. The summed E-state index contributed by atoms with van der Waals surface area (Å²) in [5.41, 5.74) is 5.49. The topological polar surface area (TPSA) is 110 Å². The molecule has 1 aromatic rings. The number of halogens is 1. The molecule has 0 bridgehead atoms. The van der Waals surface area contributed by atoms with Gasteiger partial charge >= 0.3 is 0 Å². The molecule has 1 fully saturated rings. The van der Waals surface area contributed by atoms with E-state index in [0.29, 0.717) is 36.7 Å². The van der Waals surface area contributed by atoms with Crippen LogP contribution in [0.4, 0.5) is 5.69 Å². The highest BCUT2D eigenvalue weighted by atomic mass is 35.5. The number of amides is 2. The molecule has 8 nitrogen and oxygen atoms in total. The van der Waals surface area contributed by atoms with Gasteiger partial charge < -0.3 is 15.4 Å². The average Bonchev–Trinajstić information content (AvgIpc) is 2.58. The summed E-state index contributed by atoms with van der Waals surface area (Å²) in [4.78, 5) is 25.4. The van der Waals surface area contributed by atoms with Crippen LogP contribution in [0.5, 0.6) is 5.75 Å². The lowest BCUT2D eigenvalue weighted by atomic mass is 9.96. The molecule has 2 amide bonds. The minimum atomic E-state index is -3.75. The first-order chi connectivity index (χ1) is 12.1. The van der Waals surface area contributed by atoms with Crippen LogP contribution in [-0.4, -0.2) is 58.1 Å². The second-order valence-electron chi connectivity index (χ2n) is 6.14. The molecule has 1 aliphatic heterocycles. The van der Waals surface area contributed by atoms with Gasteiger partial charge in [-0.2, -0.15) is 0 Å². The van der Waals surface area contributed by atoms with E-state index in [1.54, 1.807) is 12.1 Å². The van der Waals surface area contributed by atoms with E-state index in [9.17, 15) is 18.0 Å². The summed E-state index contributed by atoms with van der Waals surface area (Å²) in [6.07, 6.45) is 1.96. The van der Waals surface area contributed by atoms with Crippen molar-refractivity contribution >= 4 is 39.1 Å². The van der Waals surface area contributed by atoms with Crippen molar-refractivity contribution in [1.29, 1.82) is 0 Å². The fourth-order valence-electron chi connectivity index (χ4n) is 2.88. The maximum atomic E-state index is 12.6. The number of likely N-dealkylation sites (tertiary alicyclic amines) is 1. The summed E-state index contributed by atoms with van der Waals surface area (Å²) in [6, 6.07) is 4.55. The molecule has 0 atom stereocenters. The number of hydrogen-bond acceptors (Lipinski definition) is 5. The van der Waals surface area contributed by atoms with E-state index in [0.717, 1.165) is 10.6 Å². The largest absolute Gasteiger partial charge is 0.495 e. The van der Waals surface area contributed by atoms with E-state index in [2.05, 4.69) is 0 Å². The van der Waals surface area contributed by atoms with Crippen molar-refractivity contribution in [2.24, 2.45) is 11.7 Å². The monoisotopic (exact) mass is 403 g/mol. The number of nitrogens with two attached hydrogens (primary N) is 1. The molecular weight excluding hydrogens is 382 g/mol. The van der Waals surface area contributed by atoms with E-state index >= 15 is 0 Å². The fourth-order valence-corrected chi connectivity index (χ4v) is 3.89. The first kappa shape index (κ1) is 20.3. The standard InChI is InChI=1S/C16H22ClN3O5S/c1-25-14-4-3-12(17)9-13(14)20(26(2,23)24)10-15(21)19-7-5-11(6-8-19)16(18)22/h3-4,9,11H,5-8,10H2,1-2H3,(H2,18,22). The summed E-state index contributed by atoms with van der Waals surface area (Å²) < 4.78 is 30.7. The number of carbonyl (C=O) groups is 2. The maximum Gasteiger partial charge on any atom is 0.243 e. The predicted molar refractivity (Wildman–Crippen MR) is 98.7 cm³/mol. The highest BCUT2D eigenvalue weighted by molar-refractivity contribution is 7.92. The van der Waals surface area contributed by atoms with Gasteiger partial charge in [-0.15, -0.1) is 0 Å². The highest BCUT2D eigenvalue weighted by Crippen LogP contribution is 2.33. The van der Waals surface area contributed by atoms with Gasteiger partial charge in [-0.25, -0.2) is 8.42 Å². The summed E-state index contributed by atoms with van der Waals surface area (Å²) in [6.45, 7) is 0.338. The molecule has 10 heteroatoms. The highest BCUT2D eigenvalue weighted by Gasteiger charge is 2.30. The minimum Gasteiger partial charge on any atom is -0.495 e. The second-order valence-corrected chi connectivity index (χ2v) is 8.49. The van der Waals surface area contributed by atoms with E-state index in [-0.39, 0.29) is 30.0 Å². The molecule has 2 rings (SSSR count). The quantitative estimate of drug-likeness (QED) is 0.756. The van der Waals surface area contributed by atoms with Crippen LogP contribution in [0.1, 0.15) is 12.8 Å². The van der Waals surface area contributed by atoms with Crippen molar-refractivity contribution in [3.8, 4) is 5.75 Å². The molecule has 0 saturated carbocycles. The zero-order valence-electron chi connectivity index (χ0n) is 14.6. The lowest BCUT2D eigenvalue weighted by Crippen LogP contribution is -2.47. The van der Waals surface area contributed by atoms with E-state index < -0.39 is 10.0 Å². The molecule has 26 heavy (non-hydrogen) atoms. The normalized spacial score (nSPS) is 15.6. The molecular formula is C16H22ClN3O5S. The molecule has 0 aliphatic carbocycles. The van der Waals surface area contributed by atoms with Crippen LogP contribution >= 0.6 is 11.6 Å². The molecule has 1 heterocycles. The molecule has 144 valence electrons. The Hall–Kier alpha value is -2.00. The minimum absolute atomic E-state index is 0.197. The van der Waals surface area contributed by atoms with Crippen LogP contribution in [0.15, 0.2) is 18.2 Å². The van der Waals surface area contributed by atoms with Crippen molar-refractivity contribution in [3.63, 3.8) is 0 Å². The number of rotatable bonds is 6. The van der Waals surface area contributed by atoms with Crippen molar-refractivity contribution in [1.82, 2.24) is 4.90 Å². The lowest BCUT2D eigenvalue weighted by Gasteiger charge is -2.32. The number of ether oxygens (including phenoxy) is 1. The number of primary amides is 1. The maximum absolute atomic E-state index is 12.6. The third-order valence-corrected chi connectivity index (χ3v) is 5.70. The smallest absolute Gasteiger partial charge is 0.243 e. The molecule has 1 saturated heterocycles. The SMILES string of the molecule is COc1ccc(Cl)cc1N(CC(=O)N1CCC(C(N)=O)CC1)S(C)(=O)=O. The summed E-state index contributed by atoms with van der Waals surface area (Å²) in [7, 11) is -2.35. The molecule has 0 aromatic heterocycles. The van der Waals surface area contributed by atoms with Gasteiger partial charge in [-0.05, 0) is 31.0 Å². The zero-order valence-corrected chi connectivity index (χ0v) is 16.2. The Balaban J connectivity index is 2.21. The molecule has 1 aromatic carbocycles. The van der Waals surface area contributed by atoms with Crippen LogP contribution in [0, 0.1) is 5.92 Å². The van der Waals surface area contributed by atoms with Crippen molar-refractivity contribution in [3.05, 3.63) is 23.2 Å². The lowest BCUT2D eigenvalue weighted by molar-refractivity contribution is -0.133. The average molecular weight is 404 g/mol. The Labute approximate surface area is 157 Å². The van der Waals surface area contributed by atoms with Crippen LogP contribution in [0.2, 0.25) is 5.02 Å². The molecule has 0 unspecified atom stereocenters. The third kappa shape index (κ3) is 4.79. The van der Waals surface area contributed by atoms with Gasteiger partial charge in [0.2, 0.25) is 21.8 Å². The number of anilines is 1. The van der Waals surface area contributed by atoms with Crippen LogP contribution < -0.4 is 14.8 Å². The van der Waals surface area contributed by atoms with Gasteiger partial charge in [0.25, 0.3) is 0 Å². The van der Waals surface area contributed by atoms with Crippen molar-refractivity contribution in [2.45, 2.75) is 12.8 Å². The number of methoxy groups -OCH3 is 1.